The molecule has 17 heavy (non-hydrogen) atoms. The number of aliphatic carboxylic acids is 1. The molecule has 6 nitrogen and oxygen atoms in total. The third-order valence-electron chi connectivity index (χ3n) is 1.42. The molecule has 0 bridgehead atoms. The van der Waals surface area contributed by atoms with E-state index in [4.69, 9.17) is 10.2 Å². The molecule has 0 aliphatic rings. The van der Waals surface area contributed by atoms with Crippen LogP contribution in [0.25, 0.3) is 0 Å². The number of rotatable bonds is 9. The smallest absolute Gasteiger partial charge is 0.408 e. The van der Waals surface area contributed by atoms with E-state index in [0.29, 0.717) is 5.75 Å². The molecule has 98 valence electrons. The second-order valence-corrected chi connectivity index (χ2v) is 5.38. The number of carboxylic acid groups (broad SMARTS) is 1. The second kappa shape index (κ2) is 10.3. The Kier molecular flexibility index (Phi) is 9.78. The molecule has 0 aliphatic carbocycles. The van der Waals surface area contributed by atoms with Gasteiger partial charge in [0.1, 0.15) is 12.6 Å². The van der Waals surface area contributed by atoms with Gasteiger partial charge in [-0.15, -0.1) is 0 Å². The van der Waals surface area contributed by atoms with Crippen molar-refractivity contribution in [2.75, 3.05) is 24.7 Å². The summed E-state index contributed by atoms with van der Waals surface area (Å²) in [4.78, 5) is 21.9. The van der Waals surface area contributed by atoms with Crippen molar-refractivity contribution < 1.29 is 24.5 Å². The molecule has 0 fully saturated rings. The standard InChI is InChI=1S/C9H15NO5S2/c1-2-4-15-9(14)10-7(8(12)13)6-17-16-5-3-11/h2,7,11H,1,3-6H2,(H,10,14)(H,12,13)/t7-/m0/s1. The lowest BCUT2D eigenvalue weighted by atomic mass is 10.3. The van der Waals surface area contributed by atoms with E-state index in [1.54, 1.807) is 0 Å². The Bertz CT molecular complexity index is 262. The molecule has 0 rings (SSSR count). The minimum absolute atomic E-state index is 0.0320. The van der Waals surface area contributed by atoms with Gasteiger partial charge in [-0.2, -0.15) is 0 Å². The number of carbonyl (C=O) groups is 2. The lowest BCUT2D eigenvalue weighted by Gasteiger charge is -2.13. The summed E-state index contributed by atoms with van der Waals surface area (Å²) in [5.41, 5.74) is 0. The second-order valence-electron chi connectivity index (χ2n) is 2.75. The van der Waals surface area contributed by atoms with Gasteiger partial charge >= 0.3 is 12.1 Å². The van der Waals surface area contributed by atoms with Gasteiger partial charge in [-0.25, -0.2) is 9.59 Å². The van der Waals surface area contributed by atoms with Crippen molar-refractivity contribution in [2.24, 2.45) is 0 Å². The van der Waals surface area contributed by atoms with Crippen LogP contribution in [0.5, 0.6) is 0 Å². The Labute approximate surface area is 107 Å². The molecule has 1 amide bonds. The van der Waals surface area contributed by atoms with Crippen LogP contribution in [-0.2, 0) is 9.53 Å². The Hall–Kier alpha value is -0.860. The maximum absolute atomic E-state index is 11.1. The van der Waals surface area contributed by atoms with Crippen molar-refractivity contribution in [1.82, 2.24) is 5.32 Å². The Balaban J connectivity index is 3.93. The molecule has 0 aromatic rings. The van der Waals surface area contributed by atoms with E-state index in [1.807, 2.05) is 0 Å². The number of carboxylic acids is 1. The monoisotopic (exact) mass is 281 g/mol. The van der Waals surface area contributed by atoms with Gasteiger partial charge in [-0.1, -0.05) is 34.2 Å². The van der Waals surface area contributed by atoms with Gasteiger partial charge in [0.05, 0.1) is 6.61 Å². The molecule has 0 aromatic carbocycles. The highest BCUT2D eigenvalue weighted by atomic mass is 33.1. The van der Waals surface area contributed by atoms with E-state index in [1.165, 1.54) is 27.7 Å². The number of nitrogens with one attached hydrogen (secondary N) is 1. The van der Waals surface area contributed by atoms with Crippen molar-refractivity contribution in [3.63, 3.8) is 0 Å². The van der Waals surface area contributed by atoms with Gasteiger partial charge in [0, 0.05) is 11.5 Å². The molecular formula is C9H15NO5S2. The van der Waals surface area contributed by atoms with Gasteiger partial charge in [0.2, 0.25) is 0 Å². The molecule has 0 aliphatic heterocycles. The maximum Gasteiger partial charge on any atom is 0.408 e. The summed E-state index contributed by atoms with van der Waals surface area (Å²) in [6, 6.07) is -1.01. The molecule has 0 radical (unpaired) electrons. The first-order valence-corrected chi connectivity index (χ1v) is 7.23. The number of hydrogen-bond acceptors (Lipinski definition) is 6. The summed E-state index contributed by atoms with van der Waals surface area (Å²) < 4.78 is 4.61. The Morgan fingerprint density at radius 1 is 1.47 bits per heavy atom. The van der Waals surface area contributed by atoms with Gasteiger partial charge < -0.3 is 20.3 Å². The van der Waals surface area contributed by atoms with E-state index in [9.17, 15) is 9.59 Å². The van der Waals surface area contributed by atoms with Crippen LogP contribution in [0.2, 0.25) is 0 Å². The fourth-order valence-electron chi connectivity index (χ4n) is 0.706. The average molecular weight is 281 g/mol. The van der Waals surface area contributed by atoms with Gasteiger partial charge in [0.15, 0.2) is 0 Å². The highest BCUT2D eigenvalue weighted by Crippen LogP contribution is 2.21. The summed E-state index contributed by atoms with van der Waals surface area (Å²) in [5.74, 6) is -0.418. The maximum atomic E-state index is 11.1. The third-order valence-corrected chi connectivity index (χ3v) is 3.81. The number of aliphatic hydroxyl groups is 1. The molecule has 3 N–H and O–H groups in total. The van der Waals surface area contributed by atoms with Crippen LogP contribution in [0.1, 0.15) is 0 Å². The minimum atomic E-state index is -1.13. The lowest BCUT2D eigenvalue weighted by molar-refractivity contribution is -0.138. The zero-order valence-corrected chi connectivity index (χ0v) is 10.8. The van der Waals surface area contributed by atoms with Gasteiger partial charge in [-0.05, 0) is 0 Å². The van der Waals surface area contributed by atoms with Crippen LogP contribution in [0.15, 0.2) is 12.7 Å². The molecule has 1 atom stereocenters. The van der Waals surface area contributed by atoms with Gasteiger partial charge in [0.25, 0.3) is 0 Å². The van der Waals surface area contributed by atoms with Gasteiger partial charge in [-0.3, -0.25) is 0 Å². The molecule has 0 saturated heterocycles. The third kappa shape index (κ3) is 8.90. The zero-order chi connectivity index (χ0) is 13.1. The SMILES string of the molecule is C=CCOC(=O)N[C@@H](CSSCCO)C(=O)O. The number of aliphatic hydroxyl groups excluding tert-OH is 1. The Morgan fingerprint density at radius 2 is 2.18 bits per heavy atom. The molecule has 8 heteroatoms. The topological polar surface area (TPSA) is 95.9 Å². The quantitative estimate of drug-likeness (QED) is 0.325. The first-order chi connectivity index (χ1) is 8.11. The predicted octanol–water partition coefficient (Wildman–Crippen LogP) is 0.726. The molecule has 0 heterocycles. The number of alkyl carbamates (subject to hydrolysis) is 1. The van der Waals surface area contributed by atoms with Crippen LogP contribution >= 0.6 is 21.6 Å². The van der Waals surface area contributed by atoms with Crippen LogP contribution in [-0.4, -0.2) is 53.0 Å². The highest BCUT2D eigenvalue weighted by Gasteiger charge is 2.20. The fraction of sp³-hybridized carbons (Fsp3) is 0.556. The normalized spacial score (nSPS) is 11.6. The average Bonchev–Trinajstić information content (AvgIpc) is 2.30. The van der Waals surface area contributed by atoms with Crippen LogP contribution in [0.3, 0.4) is 0 Å². The first kappa shape index (κ1) is 16.1. The number of amides is 1. The minimum Gasteiger partial charge on any atom is -0.480 e. The Morgan fingerprint density at radius 3 is 2.71 bits per heavy atom. The van der Waals surface area contributed by atoms with E-state index in [0.717, 1.165) is 0 Å². The van der Waals surface area contributed by atoms with Crippen LogP contribution < -0.4 is 5.32 Å². The van der Waals surface area contributed by atoms with Crippen LogP contribution in [0.4, 0.5) is 4.79 Å². The lowest BCUT2D eigenvalue weighted by Crippen LogP contribution is -2.42. The zero-order valence-electron chi connectivity index (χ0n) is 9.13. The van der Waals surface area contributed by atoms with E-state index < -0.39 is 18.1 Å². The first-order valence-electron chi connectivity index (χ1n) is 4.74. The predicted molar refractivity (Wildman–Crippen MR) is 68.1 cm³/mol. The molecule has 0 aromatic heterocycles. The number of ether oxygens (including phenoxy) is 1. The van der Waals surface area contributed by atoms with Crippen molar-refractivity contribution in [1.29, 1.82) is 0 Å². The summed E-state index contributed by atoms with van der Waals surface area (Å²) in [7, 11) is 2.60. The largest absolute Gasteiger partial charge is 0.480 e. The fourth-order valence-corrected chi connectivity index (χ4v) is 2.63. The molecule has 0 spiro atoms. The summed E-state index contributed by atoms with van der Waals surface area (Å²) in [6.45, 7) is 3.43. The van der Waals surface area contributed by atoms with E-state index in [-0.39, 0.29) is 19.0 Å². The molecular weight excluding hydrogens is 266 g/mol. The summed E-state index contributed by atoms with van der Waals surface area (Å²) >= 11 is 0. The van der Waals surface area contributed by atoms with E-state index in [2.05, 4.69) is 16.6 Å². The number of hydrogen-bond donors (Lipinski definition) is 3. The highest BCUT2D eigenvalue weighted by molar-refractivity contribution is 8.76. The summed E-state index contributed by atoms with van der Waals surface area (Å²) in [6.07, 6.45) is 0.603. The molecule has 0 saturated carbocycles. The summed E-state index contributed by atoms with van der Waals surface area (Å²) in [5, 5.41) is 19.6. The van der Waals surface area contributed by atoms with Crippen LogP contribution in [0, 0.1) is 0 Å². The van der Waals surface area contributed by atoms with Crippen molar-refractivity contribution >= 4 is 33.7 Å². The van der Waals surface area contributed by atoms with Crippen molar-refractivity contribution in [3.8, 4) is 0 Å². The van der Waals surface area contributed by atoms with Crippen molar-refractivity contribution in [2.45, 2.75) is 6.04 Å². The molecule has 0 unspecified atom stereocenters. The van der Waals surface area contributed by atoms with E-state index >= 15 is 0 Å². The van der Waals surface area contributed by atoms with Crippen molar-refractivity contribution in [3.05, 3.63) is 12.7 Å². The number of carbonyl (C=O) groups excluding carboxylic acids is 1.